The highest BCUT2D eigenvalue weighted by atomic mass is 35.5. The number of benzene rings is 3. The van der Waals surface area contributed by atoms with Crippen LogP contribution in [-0.4, -0.2) is 63.2 Å². The molecule has 0 saturated heterocycles. The van der Waals surface area contributed by atoms with Crippen molar-refractivity contribution in [3.8, 4) is 11.5 Å². The first-order chi connectivity index (χ1) is 21.1. The van der Waals surface area contributed by atoms with Gasteiger partial charge in [-0.15, -0.1) is 0 Å². The molecule has 9 nitrogen and oxygen atoms in total. The van der Waals surface area contributed by atoms with Crippen LogP contribution in [0.3, 0.4) is 0 Å². The third kappa shape index (κ3) is 8.37. The Morgan fingerprint density at radius 3 is 2.27 bits per heavy atom. The number of unbranched alkanes of at least 4 members (excludes halogenated alkanes) is 1. The molecule has 0 unspecified atom stereocenters. The van der Waals surface area contributed by atoms with E-state index in [1.807, 2.05) is 37.3 Å². The first-order valence-corrected chi connectivity index (χ1v) is 16.9. The minimum Gasteiger partial charge on any atom is -0.486 e. The fraction of sp³-hybridized carbons (Fsp3) is 0.375. The van der Waals surface area contributed by atoms with Gasteiger partial charge in [0.05, 0.1) is 11.4 Å². The van der Waals surface area contributed by atoms with Crippen LogP contribution in [0.25, 0.3) is 0 Å². The van der Waals surface area contributed by atoms with Gasteiger partial charge in [-0.2, -0.15) is 0 Å². The van der Waals surface area contributed by atoms with E-state index in [9.17, 15) is 18.0 Å². The predicted octanol–water partition coefficient (Wildman–Crippen LogP) is 5.48. The monoisotopic (exact) mass is 661 g/mol. The molecule has 0 saturated carbocycles. The third-order valence-corrected chi connectivity index (χ3v) is 9.73. The lowest BCUT2D eigenvalue weighted by Crippen LogP contribution is -2.53. The van der Waals surface area contributed by atoms with Crippen LogP contribution in [-0.2, 0) is 32.6 Å². The van der Waals surface area contributed by atoms with Crippen molar-refractivity contribution < 1.29 is 27.5 Å². The van der Waals surface area contributed by atoms with E-state index in [1.165, 1.54) is 11.8 Å². The number of anilines is 1. The van der Waals surface area contributed by atoms with E-state index in [4.69, 9.17) is 32.7 Å². The molecule has 12 heteroatoms. The van der Waals surface area contributed by atoms with Gasteiger partial charge in [0.15, 0.2) is 11.5 Å². The summed E-state index contributed by atoms with van der Waals surface area (Å²) in [6.07, 6.45) is 1.83. The number of amides is 2. The van der Waals surface area contributed by atoms with Crippen LogP contribution < -0.4 is 19.1 Å². The second-order valence-corrected chi connectivity index (χ2v) is 13.3. The molecular formula is C32H37Cl2N3O6S. The van der Waals surface area contributed by atoms with E-state index in [-0.39, 0.29) is 30.3 Å². The molecule has 2 amide bonds. The molecule has 3 aromatic carbocycles. The minimum atomic E-state index is -3.94. The first kappa shape index (κ1) is 33.4. The van der Waals surface area contributed by atoms with Crippen LogP contribution >= 0.6 is 23.2 Å². The summed E-state index contributed by atoms with van der Waals surface area (Å²) >= 11 is 13.1. The number of halogens is 2. The van der Waals surface area contributed by atoms with Gasteiger partial charge in [-0.05, 0) is 43.2 Å². The van der Waals surface area contributed by atoms with Crippen molar-refractivity contribution in [3.05, 3.63) is 87.9 Å². The van der Waals surface area contributed by atoms with E-state index in [0.717, 1.165) is 22.7 Å². The van der Waals surface area contributed by atoms with Crippen LogP contribution in [0.5, 0.6) is 11.5 Å². The highest BCUT2D eigenvalue weighted by Crippen LogP contribution is 2.35. The molecule has 1 N–H and O–H groups in total. The Morgan fingerprint density at radius 2 is 1.61 bits per heavy atom. The zero-order valence-electron chi connectivity index (χ0n) is 24.8. The number of hydrogen-bond acceptors (Lipinski definition) is 6. The highest BCUT2D eigenvalue weighted by Gasteiger charge is 2.34. The molecule has 0 fully saturated rings. The Balaban J connectivity index is 1.77. The lowest BCUT2D eigenvalue weighted by Gasteiger charge is -2.34. The molecule has 0 bridgehead atoms. The van der Waals surface area contributed by atoms with E-state index in [0.29, 0.717) is 46.9 Å². The van der Waals surface area contributed by atoms with Gasteiger partial charge >= 0.3 is 0 Å². The number of nitrogens with one attached hydrogen (secondary N) is 1. The number of carbonyl (C=O) groups is 2. The molecular weight excluding hydrogens is 625 g/mol. The van der Waals surface area contributed by atoms with Gasteiger partial charge in [0.25, 0.3) is 0 Å². The quantitative estimate of drug-likeness (QED) is 0.230. The molecule has 0 aliphatic carbocycles. The largest absolute Gasteiger partial charge is 0.486 e. The van der Waals surface area contributed by atoms with Crippen LogP contribution in [0.15, 0.2) is 66.7 Å². The Bertz CT molecular complexity index is 1530. The number of sulfonamides is 1. The Hall–Kier alpha value is -3.47. The van der Waals surface area contributed by atoms with Crippen LogP contribution in [0.4, 0.5) is 5.69 Å². The van der Waals surface area contributed by atoms with Crippen molar-refractivity contribution in [2.45, 2.75) is 45.7 Å². The molecule has 0 aromatic heterocycles. The number of carbonyl (C=O) groups excluding carboxylic acids is 2. The summed E-state index contributed by atoms with van der Waals surface area (Å²) in [5.41, 5.74) is 1.52. The standard InChI is InChI=1S/C32H37Cl2N3O6S/c1-3-5-16-35-32(39)28(19-23-10-7-6-8-11-23)36(21-25-26(33)12-9-13-27(25)34)31(38)22-37(44(40,41)4-2)24-14-15-29-30(20-24)43-18-17-42-29/h6-15,20,28H,3-5,16-19,21-22H2,1-2H3,(H,35,39)/t28-/m0/s1. The number of fused-ring (bicyclic) bond motifs is 1. The molecule has 1 aliphatic rings. The second kappa shape index (κ2) is 15.5. The van der Waals surface area contributed by atoms with Crippen molar-refractivity contribution in [2.24, 2.45) is 0 Å². The van der Waals surface area contributed by atoms with Gasteiger partial charge in [0.2, 0.25) is 21.8 Å². The van der Waals surface area contributed by atoms with Crippen molar-refractivity contribution in [2.75, 3.05) is 36.4 Å². The van der Waals surface area contributed by atoms with Crippen molar-refractivity contribution >= 4 is 50.7 Å². The van der Waals surface area contributed by atoms with Crippen LogP contribution in [0, 0.1) is 0 Å². The smallest absolute Gasteiger partial charge is 0.244 e. The summed E-state index contributed by atoms with van der Waals surface area (Å²) < 4.78 is 39.2. The molecule has 0 radical (unpaired) electrons. The molecule has 3 aromatic rings. The summed E-state index contributed by atoms with van der Waals surface area (Å²) in [7, 11) is -3.94. The van der Waals surface area contributed by atoms with E-state index in [1.54, 1.807) is 36.4 Å². The van der Waals surface area contributed by atoms with Crippen LogP contribution in [0.1, 0.15) is 37.8 Å². The fourth-order valence-corrected chi connectivity index (χ4v) is 6.39. The Kier molecular flexibility index (Phi) is 11.8. The topological polar surface area (TPSA) is 105 Å². The SMILES string of the molecule is CCCCNC(=O)[C@H](Cc1ccccc1)N(Cc1c(Cl)cccc1Cl)C(=O)CN(c1ccc2c(c1)OCCO2)S(=O)(=O)CC. The summed E-state index contributed by atoms with van der Waals surface area (Å²) in [4.78, 5) is 29.5. The summed E-state index contributed by atoms with van der Waals surface area (Å²) in [5, 5.41) is 3.60. The van der Waals surface area contributed by atoms with Crippen molar-refractivity contribution in [1.29, 1.82) is 0 Å². The number of nitrogens with zero attached hydrogens (tertiary/aromatic N) is 2. The Morgan fingerprint density at radius 1 is 0.932 bits per heavy atom. The summed E-state index contributed by atoms with van der Waals surface area (Å²) in [5.74, 6) is -0.338. The molecule has 1 aliphatic heterocycles. The van der Waals surface area contributed by atoms with Crippen LogP contribution in [0.2, 0.25) is 10.0 Å². The number of rotatable bonds is 14. The molecule has 4 rings (SSSR count). The average Bonchev–Trinajstić information content (AvgIpc) is 3.03. The second-order valence-electron chi connectivity index (χ2n) is 10.3. The molecule has 236 valence electrons. The van der Waals surface area contributed by atoms with Gasteiger partial charge < -0.3 is 19.7 Å². The zero-order valence-corrected chi connectivity index (χ0v) is 27.1. The number of ether oxygens (including phenoxy) is 2. The van der Waals surface area contributed by atoms with Crippen molar-refractivity contribution in [3.63, 3.8) is 0 Å². The molecule has 1 heterocycles. The lowest BCUT2D eigenvalue weighted by molar-refractivity contribution is -0.140. The number of hydrogen-bond donors (Lipinski definition) is 1. The first-order valence-electron chi connectivity index (χ1n) is 14.6. The van der Waals surface area contributed by atoms with E-state index in [2.05, 4.69) is 5.32 Å². The van der Waals surface area contributed by atoms with Gasteiger partial charge in [-0.3, -0.25) is 13.9 Å². The minimum absolute atomic E-state index is 0.114. The van der Waals surface area contributed by atoms with Gasteiger partial charge in [0, 0.05) is 41.2 Å². The van der Waals surface area contributed by atoms with Crippen molar-refractivity contribution in [1.82, 2.24) is 10.2 Å². The normalized spacial score (nSPS) is 13.2. The Labute approximate surface area is 269 Å². The van der Waals surface area contributed by atoms with Gasteiger partial charge in [-0.25, -0.2) is 8.42 Å². The summed E-state index contributed by atoms with van der Waals surface area (Å²) in [6.45, 7) is 3.97. The highest BCUT2D eigenvalue weighted by molar-refractivity contribution is 7.92. The maximum Gasteiger partial charge on any atom is 0.244 e. The maximum absolute atomic E-state index is 14.4. The molecule has 44 heavy (non-hydrogen) atoms. The van der Waals surface area contributed by atoms with Gasteiger partial charge in [-0.1, -0.05) is 72.9 Å². The molecule has 0 spiro atoms. The summed E-state index contributed by atoms with van der Waals surface area (Å²) in [6, 6.07) is 18.1. The lowest BCUT2D eigenvalue weighted by atomic mass is 10.0. The fourth-order valence-electron chi connectivity index (χ4n) is 4.82. The predicted molar refractivity (Wildman–Crippen MR) is 173 cm³/mol. The maximum atomic E-state index is 14.4. The third-order valence-electron chi connectivity index (χ3n) is 7.28. The van der Waals surface area contributed by atoms with Gasteiger partial charge in [0.1, 0.15) is 25.8 Å². The van der Waals surface area contributed by atoms with E-state index >= 15 is 0 Å². The average molecular weight is 663 g/mol. The molecule has 1 atom stereocenters. The zero-order chi connectivity index (χ0) is 31.7. The van der Waals surface area contributed by atoms with E-state index < -0.39 is 28.5 Å².